The number of ether oxygens (including phenoxy) is 2. The molecule has 0 bridgehead atoms. The highest BCUT2D eigenvalue weighted by atomic mass is 16.5. The molecule has 0 spiro atoms. The maximum absolute atomic E-state index is 12.4. The summed E-state index contributed by atoms with van der Waals surface area (Å²) in [5.74, 6) is 0.501. The summed E-state index contributed by atoms with van der Waals surface area (Å²) in [5, 5.41) is 3.34. The third-order valence-electron chi connectivity index (χ3n) is 4.44. The Bertz CT molecular complexity index is 802. The summed E-state index contributed by atoms with van der Waals surface area (Å²) in [4.78, 5) is 26.1. The molecule has 26 heavy (non-hydrogen) atoms. The van der Waals surface area contributed by atoms with E-state index in [-0.39, 0.29) is 5.78 Å². The molecule has 0 amide bonds. The molecule has 0 aromatic heterocycles. The third kappa shape index (κ3) is 4.03. The molecule has 0 fully saturated rings. The summed E-state index contributed by atoms with van der Waals surface area (Å²) >= 11 is 0. The molecule has 2 aromatic rings. The molecule has 0 atom stereocenters. The lowest BCUT2D eigenvalue weighted by molar-refractivity contribution is 0.0599. The van der Waals surface area contributed by atoms with Gasteiger partial charge in [-0.05, 0) is 42.0 Å². The van der Waals surface area contributed by atoms with Gasteiger partial charge < -0.3 is 14.8 Å². The van der Waals surface area contributed by atoms with E-state index in [0.717, 1.165) is 23.5 Å². The number of nitrogens with one attached hydrogen (secondary N) is 1. The molecule has 3 rings (SSSR count). The van der Waals surface area contributed by atoms with Crippen molar-refractivity contribution in [2.24, 2.45) is 0 Å². The second kappa shape index (κ2) is 8.01. The Balaban J connectivity index is 1.60. The Morgan fingerprint density at radius 3 is 2.58 bits per heavy atom. The smallest absolute Gasteiger partial charge is 0.337 e. The van der Waals surface area contributed by atoms with Gasteiger partial charge in [0.05, 0.1) is 26.3 Å². The lowest BCUT2D eigenvalue weighted by atomic mass is 9.96. The minimum atomic E-state index is -0.390. The first kappa shape index (κ1) is 17.9. The summed E-state index contributed by atoms with van der Waals surface area (Å²) in [6.07, 6.45) is 0. The van der Waals surface area contributed by atoms with Gasteiger partial charge in [0, 0.05) is 30.9 Å². The number of hydrogen-bond acceptors (Lipinski definition) is 6. The Morgan fingerprint density at radius 2 is 1.88 bits per heavy atom. The molecule has 6 heteroatoms. The van der Waals surface area contributed by atoms with Crippen LogP contribution in [0.3, 0.4) is 0 Å². The Morgan fingerprint density at radius 1 is 1.12 bits per heavy atom. The normalized spacial score (nSPS) is 13.8. The number of nitrogens with zero attached hydrogens (tertiary/aromatic N) is 1. The Kier molecular flexibility index (Phi) is 5.53. The molecular formula is C20H22N2O4. The number of carbonyl (C=O) groups excluding carboxylic acids is 2. The van der Waals surface area contributed by atoms with Crippen LogP contribution < -0.4 is 10.1 Å². The number of hydrogen-bond donors (Lipinski definition) is 1. The van der Waals surface area contributed by atoms with Gasteiger partial charge in [-0.2, -0.15) is 0 Å². The first-order valence-corrected chi connectivity index (χ1v) is 8.45. The second-order valence-corrected chi connectivity index (χ2v) is 6.15. The van der Waals surface area contributed by atoms with Crippen LogP contribution in [0, 0.1) is 0 Å². The predicted molar refractivity (Wildman–Crippen MR) is 98.9 cm³/mol. The molecule has 0 radical (unpaired) electrons. The van der Waals surface area contributed by atoms with Gasteiger partial charge >= 0.3 is 5.97 Å². The molecule has 1 N–H and O–H groups in total. The highest BCUT2D eigenvalue weighted by molar-refractivity contribution is 6.01. The number of Topliss-reactive ketones (excluding diaryl/α,β-unsaturated/α-hetero) is 1. The first-order valence-electron chi connectivity index (χ1n) is 8.45. The molecule has 0 saturated heterocycles. The summed E-state index contributed by atoms with van der Waals surface area (Å²) in [6, 6.07) is 12.8. The van der Waals surface area contributed by atoms with Gasteiger partial charge in [0.2, 0.25) is 0 Å². The van der Waals surface area contributed by atoms with Crippen LogP contribution in [0.25, 0.3) is 0 Å². The number of rotatable bonds is 6. The Hall–Kier alpha value is -2.86. The molecule has 2 aromatic carbocycles. The van der Waals surface area contributed by atoms with Crippen molar-refractivity contribution >= 4 is 17.4 Å². The van der Waals surface area contributed by atoms with E-state index in [4.69, 9.17) is 9.47 Å². The maximum Gasteiger partial charge on any atom is 0.337 e. The van der Waals surface area contributed by atoms with Gasteiger partial charge in [-0.15, -0.1) is 0 Å². The molecular weight excluding hydrogens is 332 g/mol. The van der Waals surface area contributed by atoms with Crippen molar-refractivity contribution in [3.8, 4) is 5.75 Å². The minimum absolute atomic E-state index is 0.0760. The fourth-order valence-corrected chi connectivity index (χ4v) is 3.05. The van der Waals surface area contributed by atoms with Crippen LogP contribution in [0.5, 0.6) is 5.75 Å². The number of benzene rings is 2. The average molecular weight is 354 g/mol. The standard InChI is InChI=1S/C20H22N2O4/c1-25-17-6-4-16(5-7-17)21-9-10-22-12-15-11-14(20(24)26-2)3-8-18(15)19(23)13-22/h3-8,11,21H,9-10,12-13H2,1-2H3. The van der Waals surface area contributed by atoms with Crippen molar-refractivity contribution in [3.05, 3.63) is 59.2 Å². The molecule has 136 valence electrons. The molecule has 1 aliphatic rings. The summed E-state index contributed by atoms with van der Waals surface area (Å²) in [6.45, 7) is 2.45. The SMILES string of the molecule is COC(=O)c1ccc2c(c1)CN(CCNc1ccc(OC)cc1)CC2=O. The van der Waals surface area contributed by atoms with Crippen LogP contribution >= 0.6 is 0 Å². The van der Waals surface area contributed by atoms with E-state index >= 15 is 0 Å². The average Bonchev–Trinajstić information content (AvgIpc) is 2.67. The third-order valence-corrected chi connectivity index (χ3v) is 4.44. The molecule has 0 unspecified atom stereocenters. The number of fused-ring (bicyclic) bond motifs is 1. The van der Waals surface area contributed by atoms with Crippen LogP contribution in [0.2, 0.25) is 0 Å². The topological polar surface area (TPSA) is 67.9 Å². The van der Waals surface area contributed by atoms with Gasteiger partial charge in [0.15, 0.2) is 5.78 Å². The first-order chi connectivity index (χ1) is 12.6. The van der Waals surface area contributed by atoms with Gasteiger partial charge in [-0.3, -0.25) is 9.69 Å². The quantitative estimate of drug-likeness (QED) is 0.805. The fourth-order valence-electron chi connectivity index (χ4n) is 3.05. The number of carbonyl (C=O) groups is 2. The monoisotopic (exact) mass is 354 g/mol. The van der Waals surface area contributed by atoms with E-state index in [1.165, 1.54) is 7.11 Å². The fraction of sp³-hybridized carbons (Fsp3) is 0.300. The highest BCUT2D eigenvalue weighted by Crippen LogP contribution is 2.21. The number of methoxy groups -OCH3 is 2. The van der Waals surface area contributed by atoms with Crippen LogP contribution in [0.4, 0.5) is 5.69 Å². The van der Waals surface area contributed by atoms with Crippen LogP contribution in [-0.4, -0.2) is 50.5 Å². The van der Waals surface area contributed by atoms with Crippen LogP contribution in [0.15, 0.2) is 42.5 Å². The largest absolute Gasteiger partial charge is 0.497 e. The Labute approximate surface area is 152 Å². The maximum atomic E-state index is 12.4. The van der Waals surface area contributed by atoms with E-state index < -0.39 is 5.97 Å². The van der Waals surface area contributed by atoms with E-state index in [0.29, 0.717) is 30.8 Å². The van der Waals surface area contributed by atoms with Crippen LogP contribution in [0.1, 0.15) is 26.3 Å². The van der Waals surface area contributed by atoms with Crippen LogP contribution in [-0.2, 0) is 11.3 Å². The lowest BCUT2D eigenvalue weighted by Gasteiger charge is -2.28. The van der Waals surface area contributed by atoms with Crippen molar-refractivity contribution in [1.82, 2.24) is 4.90 Å². The molecule has 6 nitrogen and oxygen atoms in total. The zero-order chi connectivity index (χ0) is 18.5. The lowest BCUT2D eigenvalue weighted by Crippen LogP contribution is -2.38. The van der Waals surface area contributed by atoms with Crippen molar-refractivity contribution in [2.45, 2.75) is 6.54 Å². The zero-order valence-corrected chi connectivity index (χ0v) is 15.0. The predicted octanol–water partition coefficient (Wildman–Crippen LogP) is 2.59. The number of ketones is 1. The summed E-state index contributed by atoms with van der Waals surface area (Å²) < 4.78 is 9.90. The second-order valence-electron chi connectivity index (χ2n) is 6.15. The molecule has 0 aliphatic carbocycles. The minimum Gasteiger partial charge on any atom is -0.497 e. The van der Waals surface area contributed by atoms with E-state index in [2.05, 4.69) is 10.2 Å². The van der Waals surface area contributed by atoms with E-state index in [9.17, 15) is 9.59 Å². The highest BCUT2D eigenvalue weighted by Gasteiger charge is 2.23. The zero-order valence-electron chi connectivity index (χ0n) is 15.0. The molecule has 0 saturated carbocycles. The van der Waals surface area contributed by atoms with Gasteiger partial charge in [-0.25, -0.2) is 4.79 Å². The van der Waals surface area contributed by atoms with Crippen molar-refractivity contribution < 1.29 is 19.1 Å². The van der Waals surface area contributed by atoms with Gasteiger partial charge in [-0.1, -0.05) is 6.07 Å². The van der Waals surface area contributed by atoms with E-state index in [1.807, 2.05) is 24.3 Å². The van der Waals surface area contributed by atoms with Crippen molar-refractivity contribution in [3.63, 3.8) is 0 Å². The molecule has 1 aliphatic heterocycles. The van der Waals surface area contributed by atoms with Crippen molar-refractivity contribution in [1.29, 1.82) is 0 Å². The number of esters is 1. The van der Waals surface area contributed by atoms with Gasteiger partial charge in [0.25, 0.3) is 0 Å². The van der Waals surface area contributed by atoms with Gasteiger partial charge in [0.1, 0.15) is 5.75 Å². The number of anilines is 1. The van der Waals surface area contributed by atoms with E-state index in [1.54, 1.807) is 25.3 Å². The summed E-state index contributed by atoms with van der Waals surface area (Å²) in [7, 11) is 2.99. The summed E-state index contributed by atoms with van der Waals surface area (Å²) in [5.41, 5.74) is 3.03. The van der Waals surface area contributed by atoms with Crippen molar-refractivity contribution in [2.75, 3.05) is 39.2 Å². The molecule has 1 heterocycles.